The quantitative estimate of drug-likeness (QED) is 0.362. The Morgan fingerprint density at radius 3 is 2.56 bits per heavy atom. The van der Waals surface area contributed by atoms with E-state index in [9.17, 15) is 5.21 Å². The summed E-state index contributed by atoms with van der Waals surface area (Å²) in [5.74, 6) is 0.120. The van der Waals surface area contributed by atoms with Crippen molar-refractivity contribution in [1.29, 1.82) is 0 Å². The van der Waals surface area contributed by atoms with Gasteiger partial charge in [0.15, 0.2) is 0 Å². The fourth-order valence-electron chi connectivity index (χ4n) is 0.522. The van der Waals surface area contributed by atoms with E-state index in [2.05, 4.69) is 0 Å². The minimum Gasteiger partial charge on any atom is -0.711 e. The lowest BCUT2D eigenvalue weighted by Gasteiger charge is -2.02. The zero-order chi connectivity index (χ0) is 6.85. The molecule has 9 heavy (non-hydrogen) atoms. The Morgan fingerprint density at radius 1 is 1.44 bits per heavy atom. The van der Waals surface area contributed by atoms with Crippen LogP contribution < -0.4 is 16.2 Å². The maximum Gasteiger partial charge on any atom is 0.277 e. The minimum absolute atomic E-state index is 0.120. The van der Waals surface area contributed by atoms with Crippen molar-refractivity contribution in [2.45, 2.75) is 0 Å². The van der Waals surface area contributed by atoms with E-state index >= 15 is 0 Å². The van der Waals surface area contributed by atoms with Crippen LogP contribution >= 0.6 is 0 Å². The number of nitrogens with two attached hydrogens (primary N) is 2. The highest BCUT2D eigenvalue weighted by atomic mass is 16.5. The summed E-state index contributed by atoms with van der Waals surface area (Å²) >= 11 is 0. The van der Waals surface area contributed by atoms with E-state index in [0.29, 0.717) is 10.4 Å². The molecule has 0 unspecified atom stereocenters. The van der Waals surface area contributed by atoms with Crippen molar-refractivity contribution in [1.82, 2.24) is 0 Å². The smallest absolute Gasteiger partial charge is 0.277 e. The van der Waals surface area contributed by atoms with Gasteiger partial charge in [-0.3, -0.25) is 5.73 Å². The molecule has 0 aromatic carbocycles. The molecule has 0 bridgehead atoms. The zero-order valence-electron chi connectivity index (χ0n) is 4.74. The molecule has 0 aliphatic heterocycles. The van der Waals surface area contributed by atoms with Gasteiger partial charge in [-0.15, -0.1) is 0 Å². The molecule has 48 valence electrons. The largest absolute Gasteiger partial charge is 0.711 e. The van der Waals surface area contributed by atoms with Crippen LogP contribution in [0.4, 0.5) is 11.5 Å². The Hall–Kier alpha value is -1.45. The van der Waals surface area contributed by atoms with E-state index < -0.39 is 0 Å². The Labute approximate surface area is 52.3 Å². The molecule has 4 nitrogen and oxygen atoms in total. The molecule has 0 spiro atoms. The van der Waals surface area contributed by atoms with Gasteiger partial charge in [0.2, 0.25) is 0 Å². The SMILES string of the molecule is Nc1cc[n+]([O-])c(N)c1. The van der Waals surface area contributed by atoms with Crippen molar-refractivity contribution in [3.8, 4) is 0 Å². The summed E-state index contributed by atoms with van der Waals surface area (Å²) in [4.78, 5) is 0. The highest BCUT2D eigenvalue weighted by Gasteiger charge is 1.93. The molecule has 0 radical (unpaired) electrons. The average Bonchev–Trinajstić information content (AvgIpc) is 1.80. The number of nitrogen functional groups attached to an aromatic ring is 2. The minimum atomic E-state index is 0.120. The Kier molecular flexibility index (Phi) is 1.14. The molecular formula is C5H7N3O. The molecule has 0 fully saturated rings. The van der Waals surface area contributed by atoms with E-state index in [-0.39, 0.29) is 5.82 Å². The maximum atomic E-state index is 10.5. The van der Waals surface area contributed by atoms with Crippen molar-refractivity contribution >= 4 is 11.5 Å². The summed E-state index contributed by atoms with van der Waals surface area (Å²) in [6.07, 6.45) is 1.27. The van der Waals surface area contributed by atoms with Crippen LogP contribution in [0.5, 0.6) is 0 Å². The average molecular weight is 125 g/mol. The summed E-state index contributed by atoms with van der Waals surface area (Å²) in [5.41, 5.74) is 11.0. The number of pyridine rings is 1. The van der Waals surface area contributed by atoms with Gasteiger partial charge in [-0.2, -0.15) is 0 Å². The van der Waals surface area contributed by atoms with E-state index in [0.717, 1.165) is 0 Å². The molecule has 0 saturated carbocycles. The van der Waals surface area contributed by atoms with Crippen molar-refractivity contribution in [3.63, 3.8) is 0 Å². The highest BCUT2D eigenvalue weighted by Crippen LogP contribution is 2.00. The van der Waals surface area contributed by atoms with Crippen molar-refractivity contribution in [3.05, 3.63) is 23.5 Å². The maximum absolute atomic E-state index is 10.5. The molecule has 0 atom stereocenters. The lowest BCUT2D eigenvalue weighted by molar-refractivity contribution is -0.589. The normalized spacial score (nSPS) is 9.33. The van der Waals surface area contributed by atoms with Crippen LogP contribution in [0.3, 0.4) is 0 Å². The van der Waals surface area contributed by atoms with Crippen molar-refractivity contribution < 1.29 is 4.73 Å². The van der Waals surface area contributed by atoms with Crippen LogP contribution in [-0.2, 0) is 0 Å². The van der Waals surface area contributed by atoms with Gasteiger partial charge in [0.25, 0.3) is 5.82 Å². The molecule has 0 amide bonds. The van der Waals surface area contributed by atoms with Gasteiger partial charge in [0.05, 0.1) is 12.3 Å². The molecule has 1 aromatic heterocycles. The van der Waals surface area contributed by atoms with Gasteiger partial charge in [-0.1, -0.05) is 0 Å². The number of rotatable bonds is 0. The molecule has 0 aliphatic carbocycles. The molecular weight excluding hydrogens is 118 g/mol. The van der Waals surface area contributed by atoms with Crippen LogP contribution in [0.1, 0.15) is 0 Å². The third-order valence-electron chi connectivity index (χ3n) is 0.971. The lowest BCUT2D eigenvalue weighted by Crippen LogP contribution is -2.29. The predicted octanol–water partition coefficient (Wildman–Crippen LogP) is -0.516. The number of nitrogens with zero attached hydrogens (tertiary/aromatic N) is 1. The third-order valence-corrected chi connectivity index (χ3v) is 0.971. The molecule has 1 heterocycles. The number of hydrogen-bond donors (Lipinski definition) is 2. The topological polar surface area (TPSA) is 79.0 Å². The molecule has 4 heteroatoms. The van der Waals surface area contributed by atoms with Gasteiger partial charge >= 0.3 is 0 Å². The number of anilines is 2. The van der Waals surface area contributed by atoms with Crippen molar-refractivity contribution in [2.75, 3.05) is 11.5 Å². The van der Waals surface area contributed by atoms with Gasteiger partial charge < -0.3 is 10.9 Å². The van der Waals surface area contributed by atoms with E-state index in [1.165, 1.54) is 18.3 Å². The zero-order valence-corrected chi connectivity index (χ0v) is 4.74. The summed E-state index contributed by atoms with van der Waals surface area (Å²) < 4.78 is 0.552. The monoisotopic (exact) mass is 125 g/mol. The molecule has 1 aromatic rings. The van der Waals surface area contributed by atoms with Gasteiger partial charge in [0.1, 0.15) is 0 Å². The van der Waals surface area contributed by atoms with Crippen LogP contribution in [0.2, 0.25) is 0 Å². The molecule has 0 saturated heterocycles. The predicted molar refractivity (Wildman–Crippen MR) is 34.2 cm³/mol. The number of aromatic nitrogens is 1. The molecule has 4 N–H and O–H groups in total. The fraction of sp³-hybridized carbons (Fsp3) is 0. The highest BCUT2D eigenvalue weighted by molar-refractivity contribution is 5.42. The molecule has 1 rings (SSSR count). The summed E-state index contributed by atoms with van der Waals surface area (Å²) in [7, 11) is 0. The van der Waals surface area contributed by atoms with Crippen molar-refractivity contribution in [2.24, 2.45) is 0 Å². The first-order chi connectivity index (χ1) is 4.20. The number of hydrogen-bond acceptors (Lipinski definition) is 3. The Bertz CT molecular complexity index is 223. The van der Waals surface area contributed by atoms with Crippen LogP contribution in [-0.4, -0.2) is 0 Å². The first-order valence-electron chi connectivity index (χ1n) is 2.44. The summed E-state index contributed by atoms with van der Waals surface area (Å²) in [6, 6.07) is 2.90. The van der Waals surface area contributed by atoms with E-state index in [1.54, 1.807) is 0 Å². The standard InChI is InChI=1S/C5H7N3O/c6-4-1-2-8(9)5(7)3-4/h1-3H,6-7H2. The Morgan fingerprint density at radius 2 is 2.11 bits per heavy atom. The fourth-order valence-corrected chi connectivity index (χ4v) is 0.522. The van der Waals surface area contributed by atoms with Gasteiger partial charge in [-0.05, 0) is 0 Å². The first kappa shape index (κ1) is 5.68. The van der Waals surface area contributed by atoms with E-state index in [1.807, 2.05) is 0 Å². The lowest BCUT2D eigenvalue weighted by atomic mass is 10.4. The third kappa shape index (κ3) is 1.02. The van der Waals surface area contributed by atoms with Crippen LogP contribution in [0.15, 0.2) is 18.3 Å². The van der Waals surface area contributed by atoms with Crippen LogP contribution in [0.25, 0.3) is 0 Å². The molecule has 0 aliphatic rings. The second-order valence-electron chi connectivity index (χ2n) is 1.71. The summed E-state index contributed by atoms with van der Waals surface area (Å²) in [5, 5.41) is 10.5. The second kappa shape index (κ2) is 1.81. The summed E-state index contributed by atoms with van der Waals surface area (Å²) in [6.45, 7) is 0. The first-order valence-corrected chi connectivity index (χ1v) is 2.44. The Balaban J connectivity index is 3.17. The van der Waals surface area contributed by atoms with E-state index in [4.69, 9.17) is 11.5 Å². The van der Waals surface area contributed by atoms with Gasteiger partial charge in [0, 0.05) is 11.8 Å². The van der Waals surface area contributed by atoms with Gasteiger partial charge in [-0.25, -0.2) is 4.73 Å². The second-order valence-corrected chi connectivity index (χ2v) is 1.71. The van der Waals surface area contributed by atoms with Crippen LogP contribution in [0, 0.1) is 5.21 Å².